The number of halogens is 1. The van der Waals surface area contributed by atoms with Crippen molar-refractivity contribution in [3.8, 4) is 6.07 Å². The second-order valence-electron chi connectivity index (χ2n) is 4.52. The summed E-state index contributed by atoms with van der Waals surface area (Å²) in [6, 6.07) is 7.54. The summed E-state index contributed by atoms with van der Waals surface area (Å²) in [4.78, 5) is 28.6. The highest BCUT2D eigenvalue weighted by Crippen LogP contribution is 2.31. The molecule has 0 aliphatic rings. The number of ether oxygens (including phenoxy) is 1. The number of nitriles is 1. The molecule has 0 spiro atoms. The molecule has 6 nitrogen and oxygen atoms in total. The third-order valence-electron chi connectivity index (χ3n) is 2.93. The highest BCUT2D eigenvalue weighted by molar-refractivity contribution is 7.14. The topological polar surface area (TPSA) is 83.3 Å². The largest absolute Gasteiger partial charge is 0.465 e. The van der Waals surface area contributed by atoms with Gasteiger partial charge in [0.15, 0.2) is 5.13 Å². The molecule has 1 amide bonds. The number of thiazole rings is 1. The number of aromatic nitrogens is 1. The van der Waals surface area contributed by atoms with E-state index in [1.807, 2.05) is 0 Å². The van der Waals surface area contributed by atoms with Gasteiger partial charge in [-0.25, -0.2) is 14.2 Å². The molecule has 1 heterocycles. The highest BCUT2D eigenvalue weighted by Gasteiger charge is 2.21. The summed E-state index contributed by atoms with van der Waals surface area (Å²) in [5.41, 5.74) is 0.137. The predicted octanol–water partition coefficient (Wildman–Crippen LogP) is 3.05. The van der Waals surface area contributed by atoms with Crippen LogP contribution in [0.1, 0.15) is 12.6 Å². The Bertz CT molecular complexity index is 854. The van der Waals surface area contributed by atoms with Crippen LogP contribution in [0.25, 0.3) is 6.08 Å². The molecule has 0 saturated heterocycles. The van der Waals surface area contributed by atoms with E-state index >= 15 is 0 Å². The number of rotatable bonds is 4. The Morgan fingerprint density at radius 2 is 2.12 bits per heavy atom. The van der Waals surface area contributed by atoms with Crippen LogP contribution in [0.15, 0.2) is 35.2 Å². The number of esters is 1. The fraction of sp³-hybridized carbons (Fsp3) is 0.125. The Labute approximate surface area is 141 Å². The highest BCUT2D eigenvalue weighted by atomic mass is 32.1. The van der Waals surface area contributed by atoms with E-state index in [0.717, 1.165) is 23.3 Å². The van der Waals surface area contributed by atoms with Crippen molar-refractivity contribution in [3.63, 3.8) is 0 Å². The molecule has 1 aromatic carbocycles. The molecule has 1 aromatic heterocycles. The first-order chi connectivity index (χ1) is 11.5. The minimum atomic E-state index is -0.787. The number of anilines is 2. The maximum Gasteiger partial charge on any atom is 0.348 e. The minimum Gasteiger partial charge on any atom is -0.465 e. The van der Waals surface area contributed by atoms with Crippen molar-refractivity contribution in [3.05, 3.63) is 46.7 Å². The standard InChI is InChI=1S/C16H12FN3O3S/c1-10(21)20(14-6-4-3-5-13(14)17)16-19-12(9-24-16)7-11(8-18)15(22)23-2/h3-7,9H,1-2H3/b11-7+. The zero-order valence-electron chi connectivity index (χ0n) is 12.8. The van der Waals surface area contributed by atoms with Crippen molar-refractivity contribution >= 4 is 40.1 Å². The molecule has 0 atom stereocenters. The van der Waals surface area contributed by atoms with Gasteiger partial charge in [0.05, 0.1) is 18.5 Å². The smallest absolute Gasteiger partial charge is 0.348 e. The lowest BCUT2D eigenvalue weighted by Crippen LogP contribution is -2.23. The number of methoxy groups -OCH3 is 1. The summed E-state index contributed by atoms with van der Waals surface area (Å²) in [5, 5.41) is 10.7. The summed E-state index contributed by atoms with van der Waals surface area (Å²) in [6.45, 7) is 1.29. The van der Waals surface area contributed by atoms with Crippen molar-refractivity contribution in [1.29, 1.82) is 5.26 Å². The van der Waals surface area contributed by atoms with Crippen LogP contribution in [0.5, 0.6) is 0 Å². The number of hydrogen-bond donors (Lipinski definition) is 0. The first-order valence-corrected chi connectivity index (χ1v) is 7.56. The van der Waals surface area contributed by atoms with Crippen LogP contribution in [0.3, 0.4) is 0 Å². The first-order valence-electron chi connectivity index (χ1n) is 6.68. The Morgan fingerprint density at radius 1 is 1.42 bits per heavy atom. The van der Waals surface area contributed by atoms with Gasteiger partial charge in [-0.1, -0.05) is 12.1 Å². The summed E-state index contributed by atoms with van der Waals surface area (Å²) in [5.74, 6) is -1.77. The number of carbonyl (C=O) groups is 2. The molecule has 24 heavy (non-hydrogen) atoms. The number of amides is 1. The van der Waals surface area contributed by atoms with Crippen molar-refractivity contribution in [2.24, 2.45) is 0 Å². The average molecular weight is 345 g/mol. The van der Waals surface area contributed by atoms with Crippen molar-refractivity contribution < 1.29 is 18.7 Å². The van der Waals surface area contributed by atoms with Crippen molar-refractivity contribution in [2.75, 3.05) is 12.0 Å². The summed E-state index contributed by atoms with van der Waals surface area (Å²) in [6.07, 6.45) is 1.24. The van der Waals surface area contributed by atoms with Crippen LogP contribution in [0.4, 0.5) is 15.2 Å². The lowest BCUT2D eigenvalue weighted by atomic mass is 10.2. The van der Waals surface area contributed by atoms with E-state index in [4.69, 9.17) is 5.26 Å². The monoisotopic (exact) mass is 345 g/mol. The molecule has 122 valence electrons. The molecule has 0 unspecified atom stereocenters. The number of nitrogens with zero attached hydrogens (tertiary/aromatic N) is 3. The molecule has 0 fully saturated rings. The molecular formula is C16H12FN3O3S. The maximum absolute atomic E-state index is 14.0. The third-order valence-corrected chi connectivity index (χ3v) is 3.77. The third kappa shape index (κ3) is 3.64. The maximum atomic E-state index is 14.0. The predicted molar refractivity (Wildman–Crippen MR) is 86.9 cm³/mol. The summed E-state index contributed by atoms with van der Waals surface area (Å²) < 4.78 is 18.5. The lowest BCUT2D eigenvalue weighted by Gasteiger charge is -2.18. The van der Waals surface area contributed by atoms with E-state index in [2.05, 4.69) is 9.72 Å². The van der Waals surface area contributed by atoms with Gasteiger partial charge in [0.25, 0.3) is 0 Å². The van der Waals surface area contributed by atoms with Crippen LogP contribution < -0.4 is 4.90 Å². The molecule has 0 aliphatic carbocycles. The van der Waals surface area contributed by atoms with Gasteiger partial charge in [-0.05, 0) is 18.2 Å². The van der Waals surface area contributed by atoms with Gasteiger partial charge in [-0.3, -0.25) is 9.69 Å². The molecule has 0 saturated carbocycles. The molecule has 0 bridgehead atoms. The number of hydrogen-bond acceptors (Lipinski definition) is 6. The van der Waals surface area contributed by atoms with E-state index in [0.29, 0.717) is 5.69 Å². The Kier molecular flexibility index (Phi) is 5.39. The van der Waals surface area contributed by atoms with Crippen LogP contribution in [0, 0.1) is 17.1 Å². The van der Waals surface area contributed by atoms with Crippen LogP contribution in [0.2, 0.25) is 0 Å². The van der Waals surface area contributed by atoms with Gasteiger partial charge < -0.3 is 4.74 Å². The van der Waals surface area contributed by atoms with Crippen molar-refractivity contribution in [1.82, 2.24) is 4.98 Å². The SMILES string of the molecule is COC(=O)/C(C#N)=C/c1csc(N(C(C)=O)c2ccccc2F)n1. The Balaban J connectivity index is 2.42. The average Bonchev–Trinajstić information content (AvgIpc) is 3.01. The van der Waals surface area contributed by atoms with Gasteiger partial charge in [-0.15, -0.1) is 11.3 Å². The van der Waals surface area contributed by atoms with Gasteiger partial charge >= 0.3 is 5.97 Å². The zero-order chi connectivity index (χ0) is 17.7. The molecule has 0 radical (unpaired) electrons. The van der Waals surface area contributed by atoms with Crippen LogP contribution >= 0.6 is 11.3 Å². The normalized spacial score (nSPS) is 10.8. The zero-order valence-corrected chi connectivity index (χ0v) is 13.6. The quantitative estimate of drug-likeness (QED) is 0.483. The fourth-order valence-electron chi connectivity index (χ4n) is 1.88. The van der Waals surface area contributed by atoms with E-state index < -0.39 is 17.7 Å². The fourth-order valence-corrected chi connectivity index (χ4v) is 2.72. The molecule has 8 heteroatoms. The molecule has 2 aromatic rings. The Morgan fingerprint density at radius 3 is 2.71 bits per heavy atom. The minimum absolute atomic E-state index is 0.0726. The second-order valence-corrected chi connectivity index (χ2v) is 5.36. The molecule has 0 aliphatic heterocycles. The van der Waals surface area contributed by atoms with Crippen LogP contribution in [-0.2, 0) is 14.3 Å². The molecular weight excluding hydrogens is 333 g/mol. The molecule has 0 N–H and O–H groups in total. The van der Waals surface area contributed by atoms with E-state index in [1.165, 1.54) is 31.2 Å². The number of benzene rings is 1. The Hall–Kier alpha value is -3.05. The van der Waals surface area contributed by atoms with Gasteiger partial charge in [-0.2, -0.15) is 5.26 Å². The first kappa shape index (κ1) is 17.3. The second kappa shape index (κ2) is 7.48. The van der Waals surface area contributed by atoms with Gasteiger partial charge in [0, 0.05) is 12.3 Å². The van der Waals surface area contributed by atoms with E-state index in [1.54, 1.807) is 17.5 Å². The number of carbonyl (C=O) groups excluding carboxylic acids is 2. The lowest BCUT2D eigenvalue weighted by molar-refractivity contribution is -0.135. The summed E-state index contributed by atoms with van der Waals surface area (Å²) in [7, 11) is 1.16. The summed E-state index contributed by atoms with van der Waals surface area (Å²) >= 11 is 1.08. The van der Waals surface area contributed by atoms with Gasteiger partial charge in [0.1, 0.15) is 17.5 Å². The van der Waals surface area contributed by atoms with E-state index in [9.17, 15) is 14.0 Å². The van der Waals surface area contributed by atoms with Crippen LogP contribution in [-0.4, -0.2) is 24.0 Å². The molecule has 2 rings (SSSR count). The van der Waals surface area contributed by atoms with Gasteiger partial charge in [0.2, 0.25) is 5.91 Å². The van der Waals surface area contributed by atoms with Crippen molar-refractivity contribution in [2.45, 2.75) is 6.92 Å². The number of para-hydroxylation sites is 1. The van der Waals surface area contributed by atoms with E-state index in [-0.39, 0.29) is 16.4 Å².